The average Bonchev–Trinajstić information content (AvgIpc) is 2.12. The smallest absolute Gasteiger partial charge is 0.0572 e. The highest BCUT2D eigenvalue weighted by atomic mass is 14.7. The number of allylic oxidation sites excluding steroid dienone is 4. The lowest BCUT2D eigenvalue weighted by atomic mass is 10.2. The zero-order valence-corrected chi connectivity index (χ0v) is 8.88. The van der Waals surface area contributed by atoms with Crippen LogP contribution in [0.4, 0.5) is 0 Å². The van der Waals surface area contributed by atoms with E-state index >= 15 is 0 Å². The summed E-state index contributed by atoms with van der Waals surface area (Å²) in [4.78, 5) is 4.35. The molecule has 0 N–H and O–H groups in total. The molecular weight excluding hydrogens is 158 g/mol. The van der Waals surface area contributed by atoms with Crippen LogP contribution in [0.25, 0.3) is 0 Å². The molecule has 1 nitrogen and oxygen atoms in total. The van der Waals surface area contributed by atoms with Crippen LogP contribution in [0.1, 0.15) is 27.2 Å². The molecule has 0 aliphatic carbocycles. The Kier molecular flexibility index (Phi) is 6.89. The molecule has 0 bridgehead atoms. The van der Waals surface area contributed by atoms with Gasteiger partial charge < -0.3 is 0 Å². The highest BCUT2D eigenvalue weighted by Gasteiger charge is 1.82. The van der Waals surface area contributed by atoms with E-state index in [4.69, 9.17) is 0 Å². The van der Waals surface area contributed by atoms with Crippen molar-refractivity contribution < 1.29 is 0 Å². The van der Waals surface area contributed by atoms with E-state index in [1.54, 1.807) is 6.08 Å². The molecule has 0 amide bonds. The SMILES string of the molecule is C=C/C=C(C)/C=C\CN=C(C)CC. The van der Waals surface area contributed by atoms with Gasteiger partial charge in [-0.05, 0) is 20.3 Å². The summed E-state index contributed by atoms with van der Waals surface area (Å²) in [5.74, 6) is 0. The lowest BCUT2D eigenvalue weighted by Crippen LogP contribution is -1.88. The second-order valence-electron chi connectivity index (χ2n) is 2.98. The maximum absolute atomic E-state index is 4.35. The summed E-state index contributed by atoms with van der Waals surface area (Å²) < 4.78 is 0. The Morgan fingerprint density at radius 1 is 1.38 bits per heavy atom. The average molecular weight is 177 g/mol. The second kappa shape index (κ2) is 7.53. The normalized spacial score (nSPS) is 13.8. The van der Waals surface area contributed by atoms with Crippen LogP contribution in [-0.2, 0) is 0 Å². The molecule has 0 rings (SSSR count). The standard InChI is InChI=1S/C12H19N/c1-5-8-11(3)9-7-10-13-12(4)6-2/h5,7-9H,1,6,10H2,2-4H3/b9-7-,11-8+,13-12?. The fourth-order valence-electron chi connectivity index (χ4n) is 0.800. The quantitative estimate of drug-likeness (QED) is 0.450. The number of aliphatic imine (C=N–C) groups is 1. The van der Waals surface area contributed by atoms with E-state index < -0.39 is 0 Å². The van der Waals surface area contributed by atoms with Crippen molar-refractivity contribution in [3.63, 3.8) is 0 Å². The first-order chi connectivity index (χ1) is 6.20. The molecule has 0 aliphatic rings. The Bertz CT molecular complexity index is 232. The molecule has 0 saturated carbocycles. The van der Waals surface area contributed by atoms with Gasteiger partial charge in [0.15, 0.2) is 0 Å². The van der Waals surface area contributed by atoms with Crippen LogP contribution in [0, 0.1) is 0 Å². The van der Waals surface area contributed by atoms with Gasteiger partial charge in [-0.25, -0.2) is 0 Å². The third-order valence-corrected chi connectivity index (χ3v) is 1.74. The molecule has 13 heavy (non-hydrogen) atoms. The van der Waals surface area contributed by atoms with Crippen molar-refractivity contribution in [1.82, 2.24) is 0 Å². The summed E-state index contributed by atoms with van der Waals surface area (Å²) in [5.41, 5.74) is 2.41. The van der Waals surface area contributed by atoms with Gasteiger partial charge in [0.05, 0.1) is 6.54 Å². The predicted octanol–water partition coefficient (Wildman–Crippen LogP) is 3.55. The molecule has 1 heteroatoms. The summed E-state index contributed by atoms with van der Waals surface area (Å²) in [6, 6.07) is 0. The van der Waals surface area contributed by atoms with Gasteiger partial charge in [-0.15, -0.1) is 0 Å². The van der Waals surface area contributed by atoms with Crippen molar-refractivity contribution in [3.8, 4) is 0 Å². The molecule has 0 aliphatic heterocycles. The molecule has 72 valence electrons. The highest BCUT2D eigenvalue weighted by molar-refractivity contribution is 5.81. The van der Waals surface area contributed by atoms with Gasteiger partial charge in [0.1, 0.15) is 0 Å². The molecule has 0 fully saturated rings. The van der Waals surface area contributed by atoms with Gasteiger partial charge in [0, 0.05) is 5.71 Å². The molecule has 0 atom stereocenters. The monoisotopic (exact) mass is 177 g/mol. The van der Waals surface area contributed by atoms with E-state index in [0.29, 0.717) is 0 Å². The third kappa shape index (κ3) is 7.26. The zero-order valence-electron chi connectivity index (χ0n) is 8.88. The van der Waals surface area contributed by atoms with E-state index in [1.807, 2.05) is 6.08 Å². The minimum Gasteiger partial charge on any atom is -0.290 e. The molecule has 0 aromatic carbocycles. The largest absolute Gasteiger partial charge is 0.290 e. The highest BCUT2D eigenvalue weighted by Crippen LogP contribution is 1.95. The van der Waals surface area contributed by atoms with Crippen LogP contribution in [0.3, 0.4) is 0 Å². The first-order valence-corrected chi connectivity index (χ1v) is 4.66. The lowest BCUT2D eigenvalue weighted by molar-refractivity contribution is 1.16. The molecule has 0 unspecified atom stereocenters. The van der Waals surface area contributed by atoms with Crippen LogP contribution >= 0.6 is 0 Å². The third-order valence-electron chi connectivity index (χ3n) is 1.74. The van der Waals surface area contributed by atoms with Crippen LogP contribution in [0.2, 0.25) is 0 Å². The van der Waals surface area contributed by atoms with Crippen LogP contribution < -0.4 is 0 Å². The van der Waals surface area contributed by atoms with Crippen molar-refractivity contribution >= 4 is 5.71 Å². The van der Waals surface area contributed by atoms with Crippen molar-refractivity contribution in [2.24, 2.45) is 4.99 Å². The Labute approximate surface area is 81.6 Å². The Balaban J connectivity index is 3.88. The van der Waals surface area contributed by atoms with E-state index in [2.05, 4.69) is 44.5 Å². The minimum absolute atomic E-state index is 0.780. The van der Waals surface area contributed by atoms with Crippen LogP contribution in [0.15, 0.2) is 41.4 Å². The van der Waals surface area contributed by atoms with Gasteiger partial charge in [0.2, 0.25) is 0 Å². The van der Waals surface area contributed by atoms with E-state index in [9.17, 15) is 0 Å². The molecule has 0 spiro atoms. The fraction of sp³-hybridized carbons (Fsp3) is 0.417. The van der Waals surface area contributed by atoms with Gasteiger partial charge in [-0.2, -0.15) is 0 Å². The molecule has 0 radical (unpaired) electrons. The van der Waals surface area contributed by atoms with Crippen molar-refractivity contribution in [2.75, 3.05) is 6.54 Å². The van der Waals surface area contributed by atoms with Gasteiger partial charge in [0.25, 0.3) is 0 Å². The first kappa shape index (κ1) is 11.9. The fourth-order valence-corrected chi connectivity index (χ4v) is 0.800. The van der Waals surface area contributed by atoms with Gasteiger partial charge >= 0.3 is 0 Å². The van der Waals surface area contributed by atoms with Crippen molar-refractivity contribution in [1.29, 1.82) is 0 Å². The number of hydrogen-bond acceptors (Lipinski definition) is 1. The van der Waals surface area contributed by atoms with E-state index in [-0.39, 0.29) is 0 Å². The van der Waals surface area contributed by atoms with Crippen LogP contribution in [-0.4, -0.2) is 12.3 Å². The predicted molar refractivity (Wildman–Crippen MR) is 61.4 cm³/mol. The molecule has 0 heterocycles. The van der Waals surface area contributed by atoms with Crippen molar-refractivity contribution in [3.05, 3.63) is 36.5 Å². The summed E-state index contributed by atoms with van der Waals surface area (Å²) in [5, 5.41) is 0. The Morgan fingerprint density at radius 2 is 2.08 bits per heavy atom. The Morgan fingerprint density at radius 3 is 2.62 bits per heavy atom. The maximum atomic E-state index is 4.35. The lowest BCUT2D eigenvalue weighted by Gasteiger charge is -1.92. The number of hydrogen-bond donors (Lipinski definition) is 0. The maximum Gasteiger partial charge on any atom is 0.0572 e. The van der Waals surface area contributed by atoms with Gasteiger partial charge in [-0.1, -0.05) is 43.4 Å². The summed E-state index contributed by atoms with van der Waals surface area (Å²) in [6.07, 6.45) is 8.94. The topological polar surface area (TPSA) is 12.4 Å². The minimum atomic E-state index is 0.780. The molecule has 0 aromatic heterocycles. The van der Waals surface area contributed by atoms with E-state index in [1.165, 1.54) is 11.3 Å². The summed E-state index contributed by atoms with van der Waals surface area (Å²) in [7, 11) is 0. The van der Waals surface area contributed by atoms with Crippen molar-refractivity contribution in [2.45, 2.75) is 27.2 Å². The summed E-state index contributed by atoms with van der Waals surface area (Å²) >= 11 is 0. The molecular formula is C12H19N. The first-order valence-electron chi connectivity index (χ1n) is 4.66. The van der Waals surface area contributed by atoms with E-state index in [0.717, 1.165) is 13.0 Å². The summed E-state index contributed by atoms with van der Waals surface area (Å²) in [6.45, 7) is 10.6. The number of nitrogens with zero attached hydrogens (tertiary/aromatic N) is 1. The second-order valence-corrected chi connectivity index (χ2v) is 2.98. The van der Waals surface area contributed by atoms with Gasteiger partial charge in [-0.3, -0.25) is 4.99 Å². The molecule has 0 aromatic rings. The Hall–Kier alpha value is -1.11. The molecule has 0 saturated heterocycles. The van der Waals surface area contributed by atoms with Crippen LogP contribution in [0.5, 0.6) is 0 Å². The zero-order chi connectivity index (χ0) is 10.1. The number of rotatable bonds is 5.